The minimum absolute atomic E-state index is 0.481. The molecular formula is C11H8ClN2. The highest BCUT2D eigenvalue weighted by atomic mass is 35.5. The molecule has 0 aromatic carbocycles. The van der Waals surface area contributed by atoms with E-state index in [0.717, 1.165) is 17.0 Å². The molecule has 0 unspecified atom stereocenters. The van der Waals surface area contributed by atoms with Crippen LogP contribution in [-0.2, 0) is 0 Å². The van der Waals surface area contributed by atoms with Crippen LogP contribution in [0.2, 0.25) is 5.15 Å². The average Bonchev–Trinajstić information content (AvgIpc) is 2.18. The molecule has 0 aliphatic carbocycles. The molecule has 69 valence electrons. The zero-order valence-corrected chi connectivity index (χ0v) is 8.42. The highest BCUT2D eigenvalue weighted by Gasteiger charge is 1.99. The second kappa shape index (κ2) is 3.76. The molecule has 0 amide bonds. The number of halogens is 1. The lowest BCUT2D eigenvalue weighted by Crippen LogP contribution is -1.86. The lowest BCUT2D eigenvalue weighted by molar-refractivity contribution is 1.19. The molecule has 0 N–H and O–H groups in total. The van der Waals surface area contributed by atoms with E-state index in [1.54, 1.807) is 12.3 Å². The Bertz CT molecular complexity index is 411. The molecule has 2 rings (SSSR count). The maximum atomic E-state index is 5.79. The molecular weight excluding hydrogens is 196 g/mol. The van der Waals surface area contributed by atoms with Gasteiger partial charge in [-0.3, -0.25) is 4.98 Å². The first-order chi connectivity index (χ1) is 6.75. The van der Waals surface area contributed by atoms with E-state index in [9.17, 15) is 0 Å². The van der Waals surface area contributed by atoms with Crippen LogP contribution < -0.4 is 0 Å². The Kier molecular flexibility index (Phi) is 2.46. The van der Waals surface area contributed by atoms with E-state index in [2.05, 4.69) is 16.0 Å². The highest BCUT2D eigenvalue weighted by Crippen LogP contribution is 2.18. The third-order valence-electron chi connectivity index (χ3n) is 1.84. The molecule has 2 nitrogen and oxygen atoms in total. The predicted octanol–water partition coefficient (Wildman–Crippen LogP) is 2.91. The number of rotatable bonds is 1. The maximum Gasteiger partial charge on any atom is 0.129 e. The monoisotopic (exact) mass is 203 g/mol. The number of pyridine rings is 2. The summed E-state index contributed by atoms with van der Waals surface area (Å²) < 4.78 is 0. The first-order valence-corrected chi connectivity index (χ1v) is 4.61. The lowest BCUT2D eigenvalue weighted by Gasteiger charge is -2.01. The minimum Gasteiger partial charge on any atom is -0.252 e. The number of aromatic nitrogens is 2. The molecule has 2 heterocycles. The van der Waals surface area contributed by atoms with Crippen LogP contribution in [0.1, 0.15) is 5.69 Å². The van der Waals surface area contributed by atoms with Crippen molar-refractivity contribution in [1.29, 1.82) is 0 Å². The molecule has 0 saturated carbocycles. The van der Waals surface area contributed by atoms with Crippen molar-refractivity contribution in [2.75, 3.05) is 0 Å². The van der Waals surface area contributed by atoms with Crippen molar-refractivity contribution >= 4 is 11.6 Å². The molecule has 2 aromatic heterocycles. The molecule has 0 fully saturated rings. The van der Waals surface area contributed by atoms with E-state index in [-0.39, 0.29) is 0 Å². The van der Waals surface area contributed by atoms with E-state index in [1.165, 1.54) is 0 Å². The van der Waals surface area contributed by atoms with Gasteiger partial charge in [0.15, 0.2) is 0 Å². The van der Waals surface area contributed by atoms with Crippen LogP contribution in [0.4, 0.5) is 0 Å². The van der Waals surface area contributed by atoms with Gasteiger partial charge in [-0.15, -0.1) is 0 Å². The van der Waals surface area contributed by atoms with Crippen LogP contribution in [0.3, 0.4) is 0 Å². The molecule has 0 atom stereocenters. The van der Waals surface area contributed by atoms with Gasteiger partial charge in [0.2, 0.25) is 0 Å². The second-order valence-electron chi connectivity index (χ2n) is 2.93. The Labute approximate surface area is 87.6 Å². The van der Waals surface area contributed by atoms with E-state index >= 15 is 0 Å². The third-order valence-corrected chi connectivity index (χ3v) is 2.05. The fraction of sp³-hybridized carbons (Fsp3) is 0.0909. The zero-order chi connectivity index (χ0) is 9.97. The summed E-state index contributed by atoms with van der Waals surface area (Å²) in [7, 11) is 0. The van der Waals surface area contributed by atoms with E-state index in [4.69, 9.17) is 11.6 Å². The summed E-state index contributed by atoms with van der Waals surface area (Å²) in [6, 6.07) is 10.4. The van der Waals surface area contributed by atoms with Crippen LogP contribution in [0.25, 0.3) is 11.3 Å². The quantitative estimate of drug-likeness (QED) is 0.666. The number of hydrogen-bond donors (Lipinski definition) is 0. The summed E-state index contributed by atoms with van der Waals surface area (Å²) in [5.41, 5.74) is 2.74. The normalized spacial score (nSPS) is 10.1. The SMILES string of the molecule is Cc1[c]ccc(-c2ccnc(Cl)c2)n1. The van der Waals surface area contributed by atoms with Gasteiger partial charge in [-0.1, -0.05) is 17.7 Å². The Hall–Kier alpha value is -1.41. The Morgan fingerprint density at radius 2 is 2.21 bits per heavy atom. The summed E-state index contributed by atoms with van der Waals surface area (Å²) in [6.07, 6.45) is 1.67. The van der Waals surface area contributed by atoms with Crippen molar-refractivity contribution in [2.45, 2.75) is 6.92 Å². The summed E-state index contributed by atoms with van der Waals surface area (Å²) >= 11 is 5.79. The standard InChI is InChI=1S/C11H8ClN2/c1-8-3-2-4-10(14-8)9-5-6-13-11(12)7-9/h2,4-7H,1H3. The van der Waals surface area contributed by atoms with Gasteiger partial charge in [-0.25, -0.2) is 4.98 Å². The van der Waals surface area contributed by atoms with Gasteiger partial charge in [0.1, 0.15) is 5.15 Å². The van der Waals surface area contributed by atoms with E-state index in [1.807, 2.05) is 25.1 Å². The summed E-state index contributed by atoms with van der Waals surface area (Å²) in [4.78, 5) is 8.26. The van der Waals surface area contributed by atoms with Crippen molar-refractivity contribution in [1.82, 2.24) is 9.97 Å². The van der Waals surface area contributed by atoms with Gasteiger partial charge in [-0.2, -0.15) is 0 Å². The average molecular weight is 204 g/mol. The third kappa shape index (κ3) is 1.91. The maximum absolute atomic E-state index is 5.79. The lowest BCUT2D eigenvalue weighted by atomic mass is 10.2. The first kappa shape index (κ1) is 9.16. The van der Waals surface area contributed by atoms with Crippen LogP contribution in [0, 0.1) is 13.0 Å². The van der Waals surface area contributed by atoms with Gasteiger partial charge >= 0.3 is 0 Å². The molecule has 1 radical (unpaired) electrons. The molecule has 0 aliphatic heterocycles. The van der Waals surface area contributed by atoms with Crippen molar-refractivity contribution in [3.8, 4) is 11.3 Å². The molecule has 0 saturated heterocycles. The zero-order valence-electron chi connectivity index (χ0n) is 7.66. The van der Waals surface area contributed by atoms with Gasteiger partial charge in [-0.05, 0) is 25.1 Å². The van der Waals surface area contributed by atoms with Crippen molar-refractivity contribution < 1.29 is 0 Å². The van der Waals surface area contributed by atoms with Crippen LogP contribution in [-0.4, -0.2) is 9.97 Å². The molecule has 2 aromatic rings. The predicted molar refractivity (Wildman–Crippen MR) is 56.1 cm³/mol. The number of aryl methyl sites for hydroxylation is 1. The summed E-state index contributed by atoms with van der Waals surface area (Å²) in [6.45, 7) is 1.91. The van der Waals surface area contributed by atoms with Crippen molar-refractivity contribution in [3.05, 3.63) is 47.4 Å². The molecule has 3 heteroatoms. The van der Waals surface area contributed by atoms with Crippen LogP contribution >= 0.6 is 11.6 Å². The minimum atomic E-state index is 0.481. The molecule has 14 heavy (non-hydrogen) atoms. The number of nitrogens with zero attached hydrogens (tertiary/aromatic N) is 2. The van der Waals surface area contributed by atoms with Gasteiger partial charge in [0.25, 0.3) is 0 Å². The van der Waals surface area contributed by atoms with Gasteiger partial charge in [0, 0.05) is 23.5 Å². The second-order valence-corrected chi connectivity index (χ2v) is 3.31. The van der Waals surface area contributed by atoms with E-state index < -0.39 is 0 Å². The van der Waals surface area contributed by atoms with Crippen LogP contribution in [0.15, 0.2) is 30.5 Å². The Morgan fingerprint density at radius 1 is 1.36 bits per heavy atom. The van der Waals surface area contributed by atoms with Crippen LogP contribution in [0.5, 0.6) is 0 Å². The highest BCUT2D eigenvalue weighted by molar-refractivity contribution is 6.29. The number of hydrogen-bond acceptors (Lipinski definition) is 2. The van der Waals surface area contributed by atoms with Gasteiger partial charge in [0.05, 0.1) is 5.69 Å². The summed E-state index contributed by atoms with van der Waals surface area (Å²) in [5, 5.41) is 0.481. The molecule has 0 aliphatic rings. The fourth-order valence-corrected chi connectivity index (χ4v) is 1.39. The van der Waals surface area contributed by atoms with Crippen molar-refractivity contribution in [2.24, 2.45) is 0 Å². The topological polar surface area (TPSA) is 25.8 Å². The largest absolute Gasteiger partial charge is 0.252 e. The first-order valence-electron chi connectivity index (χ1n) is 4.23. The van der Waals surface area contributed by atoms with Crippen molar-refractivity contribution in [3.63, 3.8) is 0 Å². The van der Waals surface area contributed by atoms with Gasteiger partial charge < -0.3 is 0 Å². The molecule has 0 bridgehead atoms. The Balaban J connectivity index is 2.49. The summed E-state index contributed by atoms with van der Waals surface area (Å²) in [5.74, 6) is 0. The van der Waals surface area contributed by atoms with E-state index in [0.29, 0.717) is 5.15 Å². The smallest absolute Gasteiger partial charge is 0.129 e. The fourth-order valence-electron chi connectivity index (χ4n) is 1.21. The Morgan fingerprint density at radius 3 is 2.93 bits per heavy atom. The molecule has 0 spiro atoms.